The molecular weight excluding hydrogens is 274 g/mol. The van der Waals surface area contributed by atoms with Crippen molar-refractivity contribution >= 4 is 27.5 Å². The van der Waals surface area contributed by atoms with Gasteiger partial charge in [0, 0.05) is 32.1 Å². The third-order valence-electron chi connectivity index (χ3n) is 4.07. The van der Waals surface area contributed by atoms with Gasteiger partial charge in [0.2, 0.25) is 0 Å². The van der Waals surface area contributed by atoms with Gasteiger partial charge in [0.25, 0.3) is 5.91 Å². The molecular formula is C14H19N3O2S. The van der Waals surface area contributed by atoms with Crippen LogP contribution < -0.4 is 0 Å². The van der Waals surface area contributed by atoms with E-state index in [2.05, 4.69) is 5.10 Å². The average Bonchev–Trinajstić information content (AvgIpc) is 3.01. The first-order chi connectivity index (χ1) is 9.60. The summed E-state index contributed by atoms with van der Waals surface area (Å²) in [7, 11) is 1.91. The van der Waals surface area contributed by atoms with Crippen LogP contribution in [0.5, 0.6) is 0 Å². The Labute approximate surface area is 121 Å². The van der Waals surface area contributed by atoms with E-state index in [4.69, 9.17) is 5.11 Å². The molecule has 108 valence electrons. The molecule has 0 aromatic carbocycles. The van der Waals surface area contributed by atoms with E-state index >= 15 is 0 Å². The predicted octanol–water partition coefficient (Wildman–Crippen LogP) is 1.79. The number of aryl methyl sites for hydroxylation is 2. The average molecular weight is 293 g/mol. The quantitative estimate of drug-likeness (QED) is 0.918. The number of hydrogen-bond donors (Lipinski definition) is 1. The zero-order chi connectivity index (χ0) is 14.3. The van der Waals surface area contributed by atoms with Gasteiger partial charge in [-0.25, -0.2) is 0 Å². The van der Waals surface area contributed by atoms with Crippen LogP contribution in [-0.4, -0.2) is 45.4 Å². The number of carbonyl (C=O) groups excluding carboxylic acids is 1. The lowest BCUT2D eigenvalue weighted by molar-refractivity contribution is 0.0655. The maximum Gasteiger partial charge on any atom is 0.264 e. The van der Waals surface area contributed by atoms with Gasteiger partial charge in [-0.05, 0) is 31.7 Å². The van der Waals surface area contributed by atoms with Crippen molar-refractivity contribution in [3.8, 4) is 0 Å². The van der Waals surface area contributed by atoms with Gasteiger partial charge in [-0.2, -0.15) is 5.10 Å². The molecule has 2 aromatic rings. The molecule has 1 amide bonds. The summed E-state index contributed by atoms with van der Waals surface area (Å²) in [6.45, 7) is 3.69. The number of carbonyl (C=O) groups is 1. The SMILES string of the molecule is Cc1nn(C)c2sc(C(=O)N3CCC(CO)CC3)cc12. The van der Waals surface area contributed by atoms with Crippen LogP contribution in [0.15, 0.2) is 6.07 Å². The Bertz CT molecular complexity index is 604. The molecule has 0 radical (unpaired) electrons. The van der Waals surface area contributed by atoms with E-state index in [9.17, 15) is 4.79 Å². The highest BCUT2D eigenvalue weighted by Crippen LogP contribution is 2.29. The van der Waals surface area contributed by atoms with Gasteiger partial charge in [-0.1, -0.05) is 0 Å². The lowest BCUT2D eigenvalue weighted by atomic mass is 9.98. The number of thiophene rings is 1. The molecule has 3 rings (SSSR count). The summed E-state index contributed by atoms with van der Waals surface area (Å²) in [4.78, 5) is 16.3. The molecule has 20 heavy (non-hydrogen) atoms. The Hall–Kier alpha value is -1.40. The zero-order valence-corrected chi connectivity index (χ0v) is 12.6. The summed E-state index contributed by atoms with van der Waals surface area (Å²) in [6, 6.07) is 1.96. The van der Waals surface area contributed by atoms with Gasteiger partial charge in [0.15, 0.2) is 0 Å². The fourth-order valence-corrected chi connectivity index (χ4v) is 3.88. The predicted molar refractivity (Wildman–Crippen MR) is 79.0 cm³/mol. The van der Waals surface area contributed by atoms with Gasteiger partial charge < -0.3 is 10.0 Å². The maximum absolute atomic E-state index is 12.5. The molecule has 6 heteroatoms. The van der Waals surface area contributed by atoms with Crippen molar-refractivity contribution in [3.05, 3.63) is 16.6 Å². The molecule has 1 N–H and O–H groups in total. The fraction of sp³-hybridized carbons (Fsp3) is 0.571. The number of hydrogen-bond acceptors (Lipinski definition) is 4. The first-order valence-electron chi connectivity index (χ1n) is 6.93. The highest BCUT2D eigenvalue weighted by molar-refractivity contribution is 7.20. The normalized spacial score (nSPS) is 17.1. The van der Waals surface area contributed by atoms with E-state index in [1.54, 1.807) is 0 Å². The molecule has 0 atom stereocenters. The molecule has 2 aromatic heterocycles. The molecule has 5 nitrogen and oxygen atoms in total. The lowest BCUT2D eigenvalue weighted by Crippen LogP contribution is -2.38. The van der Waals surface area contributed by atoms with Gasteiger partial charge in [0.1, 0.15) is 4.83 Å². The van der Waals surface area contributed by atoms with Crippen molar-refractivity contribution in [2.45, 2.75) is 19.8 Å². The second-order valence-corrected chi connectivity index (χ2v) is 6.49. The van der Waals surface area contributed by atoms with Gasteiger partial charge >= 0.3 is 0 Å². The van der Waals surface area contributed by atoms with Gasteiger partial charge in [-0.15, -0.1) is 11.3 Å². The number of rotatable bonds is 2. The van der Waals surface area contributed by atoms with E-state index < -0.39 is 0 Å². The Balaban J connectivity index is 1.81. The van der Waals surface area contributed by atoms with Gasteiger partial charge in [-0.3, -0.25) is 9.48 Å². The summed E-state index contributed by atoms with van der Waals surface area (Å²) in [5.74, 6) is 0.467. The number of piperidine rings is 1. The van der Waals surface area contributed by atoms with Crippen LogP contribution in [0.3, 0.4) is 0 Å². The molecule has 3 heterocycles. The number of aromatic nitrogens is 2. The maximum atomic E-state index is 12.5. The summed E-state index contributed by atoms with van der Waals surface area (Å²) < 4.78 is 1.84. The minimum Gasteiger partial charge on any atom is -0.396 e. The first-order valence-corrected chi connectivity index (χ1v) is 7.75. The topological polar surface area (TPSA) is 58.4 Å². The van der Waals surface area contributed by atoms with E-state index in [0.717, 1.165) is 46.7 Å². The van der Waals surface area contributed by atoms with Crippen molar-refractivity contribution in [2.75, 3.05) is 19.7 Å². The smallest absolute Gasteiger partial charge is 0.264 e. The molecule has 1 saturated heterocycles. The van der Waals surface area contributed by atoms with Crippen LogP contribution in [-0.2, 0) is 7.05 Å². The number of aliphatic hydroxyl groups excluding tert-OH is 1. The summed E-state index contributed by atoms with van der Waals surface area (Å²) in [6.07, 6.45) is 1.79. The molecule has 0 bridgehead atoms. The van der Waals surface area contributed by atoms with Crippen molar-refractivity contribution < 1.29 is 9.90 Å². The Morgan fingerprint density at radius 2 is 2.20 bits per heavy atom. The number of fused-ring (bicyclic) bond motifs is 1. The van der Waals surface area contributed by atoms with E-state index in [0.29, 0.717) is 5.92 Å². The van der Waals surface area contributed by atoms with Crippen LogP contribution in [0.2, 0.25) is 0 Å². The number of nitrogens with zero attached hydrogens (tertiary/aromatic N) is 3. The molecule has 1 aliphatic heterocycles. The Morgan fingerprint density at radius 1 is 1.50 bits per heavy atom. The van der Waals surface area contributed by atoms with Crippen LogP contribution in [0, 0.1) is 12.8 Å². The van der Waals surface area contributed by atoms with Crippen molar-refractivity contribution in [1.29, 1.82) is 0 Å². The number of likely N-dealkylation sites (tertiary alicyclic amines) is 1. The monoisotopic (exact) mass is 293 g/mol. The largest absolute Gasteiger partial charge is 0.396 e. The van der Waals surface area contributed by atoms with Crippen molar-refractivity contribution in [2.24, 2.45) is 13.0 Å². The van der Waals surface area contributed by atoms with E-state index in [-0.39, 0.29) is 12.5 Å². The summed E-state index contributed by atoms with van der Waals surface area (Å²) >= 11 is 1.51. The second-order valence-electron chi connectivity index (χ2n) is 5.46. The highest BCUT2D eigenvalue weighted by atomic mass is 32.1. The van der Waals surface area contributed by atoms with Crippen molar-refractivity contribution in [3.63, 3.8) is 0 Å². The Kier molecular flexibility index (Phi) is 3.52. The van der Waals surface area contributed by atoms with E-state index in [1.165, 1.54) is 11.3 Å². The molecule has 1 aliphatic rings. The lowest BCUT2D eigenvalue weighted by Gasteiger charge is -2.30. The Morgan fingerprint density at radius 3 is 2.80 bits per heavy atom. The first kappa shape index (κ1) is 13.6. The summed E-state index contributed by atoms with van der Waals surface area (Å²) in [5, 5.41) is 14.6. The fourth-order valence-electron chi connectivity index (χ4n) is 2.79. The number of amides is 1. The highest BCUT2D eigenvalue weighted by Gasteiger charge is 2.25. The minimum atomic E-state index is 0.113. The summed E-state index contributed by atoms with van der Waals surface area (Å²) in [5.41, 5.74) is 0.969. The van der Waals surface area contributed by atoms with E-state index in [1.807, 2.05) is 29.6 Å². The molecule has 0 spiro atoms. The van der Waals surface area contributed by atoms with Crippen molar-refractivity contribution in [1.82, 2.24) is 14.7 Å². The zero-order valence-electron chi connectivity index (χ0n) is 11.8. The second kappa shape index (κ2) is 5.18. The minimum absolute atomic E-state index is 0.113. The third-order valence-corrected chi connectivity index (χ3v) is 5.26. The molecule has 0 aliphatic carbocycles. The van der Waals surface area contributed by atoms with Crippen LogP contribution in [0.4, 0.5) is 0 Å². The molecule has 0 unspecified atom stereocenters. The third kappa shape index (κ3) is 2.23. The number of aliphatic hydroxyl groups is 1. The molecule has 0 saturated carbocycles. The standard InChI is InChI=1S/C14H19N3O2S/c1-9-11-7-12(20-14(11)16(2)15-9)13(19)17-5-3-10(8-18)4-6-17/h7,10,18H,3-6,8H2,1-2H3. The van der Waals surface area contributed by atoms with Gasteiger partial charge in [0.05, 0.1) is 10.6 Å². The van der Waals surface area contributed by atoms with Crippen LogP contribution >= 0.6 is 11.3 Å². The van der Waals surface area contributed by atoms with Crippen LogP contribution in [0.25, 0.3) is 10.2 Å². The van der Waals surface area contributed by atoms with Crippen LogP contribution in [0.1, 0.15) is 28.2 Å². The molecule has 1 fully saturated rings.